The van der Waals surface area contributed by atoms with Gasteiger partial charge in [0.15, 0.2) is 0 Å². The second-order valence-corrected chi connectivity index (χ2v) is 6.21. The van der Waals surface area contributed by atoms with Crippen LogP contribution >= 0.6 is 0 Å². The molecule has 1 aromatic rings. The van der Waals surface area contributed by atoms with Crippen molar-refractivity contribution in [3.8, 4) is 5.75 Å². The lowest BCUT2D eigenvalue weighted by Gasteiger charge is -2.28. The third kappa shape index (κ3) is 3.99. The molecule has 2 aliphatic heterocycles. The van der Waals surface area contributed by atoms with E-state index in [0.29, 0.717) is 5.56 Å². The predicted octanol–water partition coefficient (Wildman–Crippen LogP) is 2.99. The smallest absolute Gasteiger partial charge is 0.387 e. The first-order chi connectivity index (χ1) is 11.1. The highest BCUT2D eigenvalue weighted by Gasteiger charge is 2.31. The van der Waals surface area contributed by atoms with E-state index in [0.717, 1.165) is 39.0 Å². The Morgan fingerprint density at radius 3 is 2.48 bits per heavy atom. The Labute approximate surface area is 135 Å². The Kier molecular flexibility index (Phi) is 5.10. The molecule has 0 saturated carbocycles. The van der Waals surface area contributed by atoms with Gasteiger partial charge in [-0.05, 0) is 63.0 Å². The molecule has 0 aromatic heterocycles. The van der Waals surface area contributed by atoms with Gasteiger partial charge >= 0.3 is 6.61 Å². The Morgan fingerprint density at radius 2 is 1.83 bits per heavy atom. The van der Waals surface area contributed by atoms with Gasteiger partial charge in [-0.15, -0.1) is 0 Å². The van der Waals surface area contributed by atoms with Crippen LogP contribution in [0.5, 0.6) is 5.75 Å². The van der Waals surface area contributed by atoms with Gasteiger partial charge < -0.3 is 14.5 Å². The zero-order chi connectivity index (χ0) is 16.2. The molecule has 0 spiro atoms. The van der Waals surface area contributed by atoms with Crippen molar-refractivity contribution in [2.45, 2.75) is 38.3 Å². The summed E-state index contributed by atoms with van der Waals surface area (Å²) in [5.41, 5.74) is 0.528. The van der Waals surface area contributed by atoms with Gasteiger partial charge in [-0.25, -0.2) is 0 Å². The summed E-state index contributed by atoms with van der Waals surface area (Å²) in [6.07, 6.45) is 4.55. The van der Waals surface area contributed by atoms with Crippen LogP contribution in [0.25, 0.3) is 0 Å². The highest BCUT2D eigenvalue weighted by Crippen LogP contribution is 2.23. The van der Waals surface area contributed by atoms with Crippen molar-refractivity contribution in [1.82, 2.24) is 9.80 Å². The van der Waals surface area contributed by atoms with Crippen molar-refractivity contribution in [2.75, 3.05) is 26.2 Å². The van der Waals surface area contributed by atoms with E-state index in [1.54, 1.807) is 12.1 Å². The van der Waals surface area contributed by atoms with Gasteiger partial charge in [0.05, 0.1) is 0 Å². The van der Waals surface area contributed by atoms with Crippen molar-refractivity contribution in [3.63, 3.8) is 0 Å². The number of amides is 1. The summed E-state index contributed by atoms with van der Waals surface area (Å²) < 4.78 is 28.7. The molecule has 2 aliphatic rings. The summed E-state index contributed by atoms with van der Waals surface area (Å²) >= 11 is 0. The number of halogens is 2. The Morgan fingerprint density at radius 1 is 1.13 bits per heavy atom. The van der Waals surface area contributed by atoms with Gasteiger partial charge in [-0.1, -0.05) is 0 Å². The zero-order valence-electron chi connectivity index (χ0n) is 13.1. The number of hydrogen-bond acceptors (Lipinski definition) is 3. The predicted molar refractivity (Wildman–Crippen MR) is 82.8 cm³/mol. The number of alkyl halides is 2. The second-order valence-electron chi connectivity index (χ2n) is 6.21. The zero-order valence-corrected chi connectivity index (χ0v) is 13.1. The molecule has 6 heteroatoms. The number of likely N-dealkylation sites (tertiary alicyclic amines) is 2. The molecule has 1 amide bonds. The minimum absolute atomic E-state index is 0.0182. The normalized spacial score (nSPS) is 22.0. The molecule has 2 fully saturated rings. The summed E-state index contributed by atoms with van der Waals surface area (Å²) in [5.74, 6) is 0.0573. The van der Waals surface area contributed by atoms with Crippen LogP contribution in [0.1, 0.15) is 36.0 Å². The molecule has 0 N–H and O–H groups in total. The number of hydrogen-bond donors (Lipinski definition) is 0. The van der Waals surface area contributed by atoms with Crippen LogP contribution in [0, 0.1) is 0 Å². The number of nitrogens with zero attached hydrogens (tertiary/aromatic N) is 2. The molecule has 2 saturated heterocycles. The molecule has 126 valence electrons. The van der Waals surface area contributed by atoms with E-state index in [-0.39, 0.29) is 17.7 Å². The van der Waals surface area contributed by atoms with E-state index in [1.165, 1.54) is 25.0 Å². The minimum Gasteiger partial charge on any atom is -0.435 e. The highest BCUT2D eigenvalue weighted by atomic mass is 19.3. The monoisotopic (exact) mass is 324 g/mol. The lowest BCUT2D eigenvalue weighted by atomic mass is 10.1. The van der Waals surface area contributed by atoms with Gasteiger partial charge in [-0.3, -0.25) is 4.79 Å². The van der Waals surface area contributed by atoms with Crippen LogP contribution in [-0.2, 0) is 0 Å². The van der Waals surface area contributed by atoms with E-state index < -0.39 is 6.61 Å². The Bertz CT molecular complexity index is 530. The Balaban J connectivity index is 1.63. The average Bonchev–Trinajstić information content (AvgIpc) is 3.19. The number of benzene rings is 1. The Hall–Kier alpha value is -1.69. The number of rotatable bonds is 5. The van der Waals surface area contributed by atoms with E-state index in [9.17, 15) is 13.6 Å². The fourth-order valence-corrected chi connectivity index (χ4v) is 3.50. The van der Waals surface area contributed by atoms with E-state index >= 15 is 0 Å². The van der Waals surface area contributed by atoms with Crippen molar-refractivity contribution in [2.24, 2.45) is 0 Å². The quantitative estimate of drug-likeness (QED) is 0.835. The van der Waals surface area contributed by atoms with Gasteiger partial charge in [-0.2, -0.15) is 8.78 Å². The molecule has 4 nitrogen and oxygen atoms in total. The maximum Gasteiger partial charge on any atom is 0.387 e. The molecular weight excluding hydrogens is 302 g/mol. The number of ether oxygens (including phenoxy) is 1. The summed E-state index contributed by atoms with van der Waals surface area (Å²) in [5, 5.41) is 0. The first kappa shape index (κ1) is 16.2. The molecule has 23 heavy (non-hydrogen) atoms. The average molecular weight is 324 g/mol. The lowest BCUT2D eigenvalue weighted by Crippen LogP contribution is -2.42. The molecule has 0 radical (unpaired) electrons. The van der Waals surface area contributed by atoms with Crippen LogP contribution in [0.2, 0.25) is 0 Å². The fourth-order valence-electron chi connectivity index (χ4n) is 3.50. The number of carbonyl (C=O) groups excluding carboxylic acids is 1. The third-order valence-electron chi connectivity index (χ3n) is 4.63. The second kappa shape index (κ2) is 7.25. The van der Waals surface area contributed by atoms with E-state index in [4.69, 9.17) is 0 Å². The first-order valence-electron chi connectivity index (χ1n) is 8.21. The maximum absolute atomic E-state index is 12.7. The highest BCUT2D eigenvalue weighted by molar-refractivity contribution is 5.94. The molecule has 1 aromatic carbocycles. The van der Waals surface area contributed by atoms with Crippen LogP contribution in [0.4, 0.5) is 8.78 Å². The van der Waals surface area contributed by atoms with E-state index in [1.807, 2.05) is 4.90 Å². The standard InChI is InChI=1S/C17H22F2N2O2/c18-17(19)23-15-7-5-13(6-8-15)16(22)21-11-3-4-14(21)12-20-9-1-2-10-20/h5-8,14,17H,1-4,9-12H2. The van der Waals surface area contributed by atoms with Crippen molar-refractivity contribution >= 4 is 5.91 Å². The molecule has 1 unspecified atom stereocenters. The summed E-state index contributed by atoms with van der Waals surface area (Å²) in [7, 11) is 0. The van der Waals surface area contributed by atoms with Gasteiger partial charge in [0.25, 0.3) is 5.91 Å². The summed E-state index contributed by atoms with van der Waals surface area (Å²) in [4.78, 5) is 17.0. The third-order valence-corrected chi connectivity index (χ3v) is 4.63. The molecule has 0 bridgehead atoms. The SMILES string of the molecule is O=C(c1ccc(OC(F)F)cc1)N1CCCC1CN1CCCC1. The first-order valence-corrected chi connectivity index (χ1v) is 8.21. The fraction of sp³-hybridized carbons (Fsp3) is 0.588. The maximum atomic E-state index is 12.7. The van der Waals surface area contributed by atoms with Gasteiger partial charge in [0.2, 0.25) is 0 Å². The van der Waals surface area contributed by atoms with Crippen molar-refractivity contribution in [1.29, 1.82) is 0 Å². The minimum atomic E-state index is -2.85. The van der Waals surface area contributed by atoms with E-state index in [2.05, 4.69) is 9.64 Å². The van der Waals surface area contributed by atoms with Gasteiger partial charge in [0, 0.05) is 24.7 Å². The number of carbonyl (C=O) groups is 1. The molecule has 0 aliphatic carbocycles. The lowest BCUT2D eigenvalue weighted by molar-refractivity contribution is -0.0498. The van der Waals surface area contributed by atoms with Crippen LogP contribution in [0.15, 0.2) is 24.3 Å². The van der Waals surface area contributed by atoms with Crippen molar-refractivity contribution < 1.29 is 18.3 Å². The van der Waals surface area contributed by atoms with Crippen LogP contribution in [-0.4, -0.2) is 54.5 Å². The molecule has 3 rings (SSSR count). The molecule has 2 heterocycles. The van der Waals surface area contributed by atoms with Crippen LogP contribution in [0.3, 0.4) is 0 Å². The summed E-state index contributed by atoms with van der Waals surface area (Å²) in [6.45, 7) is 1.11. The van der Waals surface area contributed by atoms with Crippen molar-refractivity contribution in [3.05, 3.63) is 29.8 Å². The molecule has 1 atom stereocenters. The largest absolute Gasteiger partial charge is 0.435 e. The summed E-state index contributed by atoms with van der Waals surface area (Å²) in [6, 6.07) is 6.23. The topological polar surface area (TPSA) is 32.8 Å². The van der Waals surface area contributed by atoms with Gasteiger partial charge in [0.1, 0.15) is 5.75 Å². The molecular formula is C17H22F2N2O2. The van der Waals surface area contributed by atoms with Crippen LogP contribution < -0.4 is 4.74 Å².